The Morgan fingerprint density at radius 1 is 0.737 bits per heavy atom. The molecule has 0 fully saturated rings. The monoisotopic (exact) mass is 244 g/mol. The Kier molecular flexibility index (Phi) is 7.64. The zero-order valence-corrected chi connectivity index (χ0v) is 11.9. The Morgan fingerprint density at radius 2 is 1.21 bits per heavy atom. The Bertz CT molecular complexity index is 396. The molecule has 0 saturated heterocycles. The van der Waals surface area contributed by atoms with Gasteiger partial charge in [-0.1, -0.05) is 73.5 Å². The summed E-state index contributed by atoms with van der Waals surface area (Å²) >= 11 is 0. The quantitative estimate of drug-likeness (QED) is 0.415. The predicted octanol–water partition coefficient (Wildman–Crippen LogP) is 2.22. The number of rotatable bonds is 6. The van der Waals surface area contributed by atoms with Crippen molar-refractivity contribution in [2.45, 2.75) is 31.6 Å². The van der Waals surface area contributed by atoms with Gasteiger partial charge in [-0.05, 0) is 17.5 Å². The topological polar surface area (TPSA) is 0 Å². The molecule has 0 aliphatic carbocycles. The summed E-state index contributed by atoms with van der Waals surface area (Å²) in [5, 5.41) is 0. The van der Waals surface area contributed by atoms with Gasteiger partial charge in [-0.25, -0.2) is 0 Å². The predicted molar refractivity (Wildman–Crippen MR) is 78.6 cm³/mol. The van der Waals surface area contributed by atoms with Gasteiger partial charge in [0.15, 0.2) is 0 Å². The minimum absolute atomic E-state index is 0. The number of unbranched alkanes of at least 4 members (excludes halogenated alkanes) is 2. The SMILES string of the molecule is [CH2-]CCCCC(c1ccccc1)c1ccccc1.[Li+]. The fraction of sp³-hybridized carbons (Fsp3) is 0.278. The first-order valence-electron chi connectivity index (χ1n) is 6.81. The number of benzene rings is 2. The third-order valence-electron chi connectivity index (χ3n) is 3.40. The third-order valence-corrected chi connectivity index (χ3v) is 3.40. The van der Waals surface area contributed by atoms with Gasteiger partial charge in [0, 0.05) is 5.92 Å². The van der Waals surface area contributed by atoms with E-state index < -0.39 is 0 Å². The molecule has 0 nitrogen and oxygen atoms in total. The van der Waals surface area contributed by atoms with Gasteiger partial charge in [-0.3, -0.25) is 0 Å². The largest absolute Gasteiger partial charge is 1.00 e. The van der Waals surface area contributed by atoms with Gasteiger partial charge in [0.25, 0.3) is 0 Å². The van der Waals surface area contributed by atoms with Crippen molar-refractivity contribution in [2.75, 3.05) is 0 Å². The Labute approximate surface area is 129 Å². The zero-order valence-electron chi connectivity index (χ0n) is 11.9. The average molecular weight is 244 g/mol. The van der Waals surface area contributed by atoms with Gasteiger partial charge in [0.1, 0.15) is 0 Å². The molecule has 0 aliphatic heterocycles. The van der Waals surface area contributed by atoms with Crippen LogP contribution in [0.2, 0.25) is 0 Å². The van der Waals surface area contributed by atoms with E-state index in [1.165, 1.54) is 30.4 Å². The Balaban J connectivity index is 0.00000180. The van der Waals surface area contributed by atoms with E-state index in [9.17, 15) is 0 Å². The molecule has 0 spiro atoms. The third kappa shape index (κ3) is 4.90. The second-order valence-corrected chi connectivity index (χ2v) is 4.72. The summed E-state index contributed by atoms with van der Waals surface area (Å²) in [6, 6.07) is 21.6. The fourth-order valence-corrected chi connectivity index (χ4v) is 2.42. The van der Waals surface area contributed by atoms with E-state index >= 15 is 0 Å². The zero-order chi connectivity index (χ0) is 12.6. The first kappa shape index (κ1) is 16.1. The van der Waals surface area contributed by atoms with Gasteiger partial charge in [-0.2, -0.15) is 6.42 Å². The van der Waals surface area contributed by atoms with Crippen molar-refractivity contribution in [3.63, 3.8) is 0 Å². The Hall–Kier alpha value is -0.963. The van der Waals surface area contributed by atoms with Gasteiger partial charge in [-0.15, -0.1) is 0 Å². The molecule has 2 aromatic carbocycles. The Morgan fingerprint density at radius 3 is 1.63 bits per heavy atom. The maximum Gasteiger partial charge on any atom is 1.00 e. The van der Waals surface area contributed by atoms with Crippen molar-refractivity contribution < 1.29 is 18.9 Å². The van der Waals surface area contributed by atoms with Gasteiger partial charge in [0.05, 0.1) is 0 Å². The fourth-order valence-electron chi connectivity index (χ4n) is 2.42. The molecule has 0 saturated carbocycles. The molecule has 0 unspecified atom stereocenters. The molecule has 0 N–H and O–H groups in total. The van der Waals surface area contributed by atoms with Crippen LogP contribution in [0.25, 0.3) is 0 Å². The normalized spacial score (nSPS) is 10.2. The minimum Gasteiger partial charge on any atom is -0.343 e. The maximum atomic E-state index is 3.93. The molecule has 2 rings (SSSR count). The molecule has 0 atom stereocenters. The van der Waals surface area contributed by atoms with Gasteiger partial charge < -0.3 is 6.92 Å². The van der Waals surface area contributed by atoms with E-state index in [0.717, 1.165) is 6.42 Å². The summed E-state index contributed by atoms with van der Waals surface area (Å²) < 4.78 is 0. The van der Waals surface area contributed by atoms with E-state index in [-0.39, 0.29) is 18.9 Å². The summed E-state index contributed by atoms with van der Waals surface area (Å²) in [7, 11) is 0. The maximum absolute atomic E-state index is 3.93. The van der Waals surface area contributed by atoms with E-state index in [4.69, 9.17) is 0 Å². The molecule has 0 heterocycles. The summed E-state index contributed by atoms with van der Waals surface area (Å²) in [5.74, 6) is 0.527. The molecule has 19 heavy (non-hydrogen) atoms. The van der Waals surface area contributed by atoms with Crippen LogP contribution in [0.1, 0.15) is 42.7 Å². The van der Waals surface area contributed by atoms with Crippen LogP contribution in [-0.2, 0) is 0 Å². The van der Waals surface area contributed by atoms with Crippen LogP contribution in [0.4, 0.5) is 0 Å². The first-order chi connectivity index (χ1) is 8.92. The smallest absolute Gasteiger partial charge is 0.343 e. The van der Waals surface area contributed by atoms with Crippen molar-refractivity contribution >= 4 is 0 Å². The van der Waals surface area contributed by atoms with Crippen molar-refractivity contribution in [1.29, 1.82) is 0 Å². The number of hydrogen-bond donors (Lipinski definition) is 0. The van der Waals surface area contributed by atoms with Crippen molar-refractivity contribution in [3.8, 4) is 0 Å². The van der Waals surface area contributed by atoms with Crippen LogP contribution in [-0.4, -0.2) is 0 Å². The molecule has 0 aliphatic rings. The number of hydrogen-bond acceptors (Lipinski definition) is 0. The van der Waals surface area contributed by atoms with Gasteiger partial charge in [0.2, 0.25) is 0 Å². The summed E-state index contributed by atoms with van der Waals surface area (Å²) in [6.07, 6.45) is 4.72. The minimum atomic E-state index is 0. The second kappa shape index (κ2) is 9.02. The summed E-state index contributed by atoms with van der Waals surface area (Å²) in [4.78, 5) is 0. The molecule has 94 valence electrons. The van der Waals surface area contributed by atoms with Crippen LogP contribution in [0.3, 0.4) is 0 Å². The molecule has 0 aromatic heterocycles. The van der Waals surface area contributed by atoms with Crippen LogP contribution in [0, 0.1) is 6.92 Å². The molecule has 0 bridgehead atoms. The van der Waals surface area contributed by atoms with Crippen LogP contribution in [0.15, 0.2) is 60.7 Å². The van der Waals surface area contributed by atoms with E-state index in [1.54, 1.807) is 0 Å². The van der Waals surface area contributed by atoms with Crippen LogP contribution < -0.4 is 18.9 Å². The van der Waals surface area contributed by atoms with Crippen molar-refractivity contribution in [2.24, 2.45) is 0 Å². The molecular weight excluding hydrogens is 223 g/mol. The van der Waals surface area contributed by atoms with E-state index in [0.29, 0.717) is 5.92 Å². The summed E-state index contributed by atoms with van der Waals surface area (Å²) in [5.41, 5.74) is 2.85. The summed E-state index contributed by atoms with van der Waals surface area (Å²) in [6.45, 7) is 3.93. The van der Waals surface area contributed by atoms with E-state index in [1.807, 2.05) is 0 Å². The molecular formula is C18H21Li. The second-order valence-electron chi connectivity index (χ2n) is 4.72. The molecule has 1 heteroatoms. The van der Waals surface area contributed by atoms with Crippen molar-refractivity contribution in [1.82, 2.24) is 0 Å². The molecule has 0 amide bonds. The van der Waals surface area contributed by atoms with Crippen molar-refractivity contribution in [3.05, 3.63) is 78.7 Å². The van der Waals surface area contributed by atoms with Crippen LogP contribution >= 0.6 is 0 Å². The van der Waals surface area contributed by atoms with E-state index in [2.05, 4.69) is 67.6 Å². The first-order valence-corrected chi connectivity index (χ1v) is 6.81. The standard InChI is InChI=1S/C18H21.Li/c1-2-3-6-15-18(16-11-7-4-8-12-16)17-13-9-5-10-14-17;/h4-5,7-14,18H,1-3,6,15H2;/q-1;+1. The van der Waals surface area contributed by atoms with Crippen LogP contribution in [0.5, 0.6) is 0 Å². The molecule has 0 radical (unpaired) electrons. The van der Waals surface area contributed by atoms with Gasteiger partial charge >= 0.3 is 18.9 Å². The molecule has 2 aromatic rings. The average Bonchev–Trinajstić information content (AvgIpc) is 2.46.